The predicted molar refractivity (Wildman–Crippen MR) is 73.2 cm³/mol. The van der Waals surface area contributed by atoms with Crippen molar-refractivity contribution in [3.63, 3.8) is 0 Å². The van der Waals surface area contributed by atoms with Crippen LogP contribution in [0.25, 0.3) is 0 Å². The van der Waals surface area contributed by atoms with Crippen molar-refractivity contribution in [3.8, 4) is 0 Å². The van der Waals surface area contributed by atoms with E-state index in [0.717, 1.165) is 0 Å². The zero-order chi connectivity index (χ0) is 13.4. The van der Waals surface area contributed by atoms with Crippen molar-refractivity contribution < 1.29 is 9.53 Å². The van der Waals surface area contributed by atoms with Gasteiger partial charge in [-0.15, -0.1) is 10.2 Å². The van der Waals surface area contributed by atoms with Crippen molar-refractivity contribution in [2.75, 3.05) is 6.61 Å². The van der Waals surface area contributed by atoms with Gasteiger partial charge in [0.15, 0.2) is 5.71 Å². The van der Waals surface area contributed by atoms with Crippen molar-refractivity contribution >= 4 is 28.5 Å². The molecule has 5 heteroatoms. The van der Waals surface area contributed by atoms with E-state index >= 15 is 0 Å². The van der Waals surface area contributed by atoms with E-state index in [1.54, 1.807) is 19.1 Å². The summed E-state index contributed by atoms with van der Waals surface area (Å²) in [5.41, 5.74) is 0.810. The number of nitrogens with zero attached hydrogens (tertiary/aromatic N) is 2. The summed E-state index contributed by atoms with van der Waals surface area (Å²) in [7, 11) is 0. The van der Waals surface area contributed by atoms with Gasteiger partial charge in [0.2, 0.25) is 0 Å². The van der Waals surface area contributed by atoms with Gasteiger partial charge in [0.05, 0.1) is 6.61 Å². The standard InChI is InChI=1S/C13H15ClN2O2/c1-3-11(14)15-16-12(13(17)18-4-2)10-8-6-5-7-9-10/h5-9H,3-4H2,1-2H3. The van der Waals surface area contributed by atoms with Gasteiger partial charge in [0, 0.05) is 5.56 Å². The van der Waals surface area contributed by atoms with Gasteiger partial charge in [-0.2, -0.15) is 0 Å². The average Bonchev–Trinajstić information content (AvgIpc) is 2.40. The van der Waals surface area contributed by atoms with Crippen LogP contribution in [0.1, 0.15) is 25.8 Å². The van der Waals surface area contributed by atoms with Crippen LogP contribution < -0.4 is 0 Å². The quantitative estimate of drug-likeness (QED) is 0.467. The Hall–Kier alpha value is -1.68. The molecule has 0 aromatic heterocycles. The molecule has 0 aliphatic rings. The highest BCUT2D eigenvalue weighted by Crippen LogP contribution is 2.05. The van der Waals surface area contributed by atoms with Crippen LogP contribution in [0.4, 0.5) is 0 Å². The molecule has 1 aromatic rings. The SMILES string of the molecule is CCOC(=O)C(=NN=C(Cl)CC)c1ccccc1. The molecule has 4 nitrogen and oxygen atoms in total. The molecule has 0 amide bonds. The van der Waals surface area contributed by atoms with Gasteiger partial charge in [-0.1, -0.05) is 48.9 Å². The molecule has 18 heavy (non-hydrogen) atoms. The molecule has 0 heterocycles. The Kier molecular flexibility index (Phi) is 6.08. The minimum absolute atomic E-state index is 0.157. The highest BCUT2D eigenvalue weighted by atomic mass is 35.5. The summed E-state index contributed by atoms with van der Waals surface area (Å²) in [6.45, 7) is 3.88. The second kappa shape index (κ2) is 7.61. The number of rotatable bonds is 5. The molecule has 0 N–H and O–H groups in total. The van der Waals surface area contributed by atoms with Gasteiger partial charge in [0.1, 0.15) is 5.17 Å². The van der Waals surface area contributed by atoms with E-state index in [0.29, 0.717) is 17.2 Å². The zero-order valence-electron chi connectivity index (χ0n) is 10.4. The molecule has 0 atom stereocenters. The molecule has 0 unspecified atom stereocenters. The minimum atomic E-state index is -0.506. The largest absolute Gasteiger partial charge is 0.461 e. The first-order valence-corrected chi connectivity index (χ1v) is 6.09. The van der Waals surface area contributed by atoms with Gasteiger partial charge in [-0.3, -0.25) is 0 Å². The van der Waals surface area contributed by atoms with E-state index in [2.05, 4.69) is 10.2 Å². The first-order valence-electron chi connectivity index (χ1n) is 5.71. The van der Waals surface area contributed by atoms with Crippen molar-refractivity contribution in [3.05, 3.63) is 35.9 Å². The molecule has 0 spiro atoms. The fourth-order valence-corrected chi connectivity index (χ4v) is 1.22. The summed E-state index contributed by atoms with van der Waals surface area (Å²) >= 11 is 5.77. The minimum Gasteiger partial charge on any atom is -0.461 e. The topological polar surface area (TPSA) is 51.0 Å². The number of carbonyl (C=O) groups excluding carboxylic acids is 1. The summed E-state index contributed by atoms with van der Waals surface area (Å²) < 4.78 is 4.94. The molecule has 1 aromatic carbocycles. The Morgan fingerprint density at radius 2 is 1.89 bits per heavy atom. The Morgan fingerprint density at radius 1 is 1.22 bits per heavy atom. The summed E-state index contributed by atoms with van der Waals surface area (Å²) in [4.78, 5) is 11.8. The highest BCUT2D eigenvalue weighted by Gasteiger charge is 2.15. The molecular formula is C13H15ClN2O2. The van der Waals surface area contributed by atoms with Crippen LogP contribution in [0.2, 0.25) is 0 Å². The second-order valence-corrected chi connectivity index (χ2v) is 3.80. The van der Waals surface area contributed by atoms with E-state index in [1.807, 2.05) is 25.1 Å². The van der Waals surface area contributed by atoms with Crippen LogP contribution in [-0.4, -0.2) is 23.5 Å². The fraction of sp³-hybridized carbons (Fsp3) is 0.308. The number of carbonyl (C=O) groups is 1. The lowest BCUT2D eigenvalue weighted by Crippen LogP contribution is -2.18. The number of benzene rings is 1. The van der Waals surface area contributed by atoms with Crippen LogP contribution in [-0.2, 0) is 9.53 Å². The van der Waals surface area contributed by atoms with Gasteiger partial charge >= 0.3 is 5.97 Å². The Morgan fingerprint density at radius 3 is 2.44 bits per heavy atom. The normalized spacial score (nSPS) is 12.4. The Labute approximate surface area is 111 Å². The van der Waals surface area contributed by atoms with Crippen LogP contribution in [0.15, 0.2) is 40.5 Å². The van der Waals surface area contributed by atoms with Gasteiger partial charge < -0.3 is 4.74 Å². The van der Waals surface area contributed by atoms with Crippen LogP contribution in [0.3, 0.4) is 0 Å². The maximum Gasteiger partial charge on any atom is 0.359 e. The highest BCUT2D eigenvalue weighted by molar-refractivity contribution is 6.65. The monoisotopic (exact) mass is 266 g/mol. The van der Waals surface area contributed by atoms with Crippen molar-refractivity contribution in [2.24, 2.45) is 10.2 Å². The fourth-order valence-electron chi connectivity index (χ4n) is 1.19. The first-order chi connectivity index (χ1) is 8.69. The smallest absolute Gasteiger partial charge is 0.359 e. The number of ether oxygens (including phenoxy) is 1. The Balaban J connectivity index is 3.07. The van der Waals surface area contributed by atoms with Crippen molar-refractivity contribution in [1.29, 1.82) is 0 Å². The second-order valence-electron chi connectivity index (χ2n) is 3.36. The lowest BCUT2D eigenvalue weighted by atomic mass is 10.1. The molecular weight excluding hydrogens is 252 g/mol. The molecule has 0 saturated carbocycles. The van der Waals surface area contributed by atoms with E-state index in [9.17, 15) is 4.79 Å². The van der Waals surface area contributed by atoms with E-state index in [1.165, 1.54) is 0 Å². The summed E-state index contributed by atoms with van der Waals surface area (Å²) in [5.74, 6) is -0.506. The Bertz CT molecular complexity index is 455. The van der Waals surface area contributed by atoms with E-state index in [-0.39, 0.29) is 12.3 Å². The molecule has 0 bridgehead atoms. The number of halogens is 1. The lowest BCUT2D eigenvalue weighted by Gasteiger charge is -2.04. The third-order valence-electron chi connectivity index (χ3n) is 2.07. The van der Waals surface area contributed by atoms with Gasteiger partial charge in [-0.05, 0) is 13.3 Å². The predicted octanol–water partition coefficient (Wildman–Crippen LogP) is 3.00. The molecule has 0 aliphatic heterocycles. The van der Waals surface area contributed by atoms with E-state index < -0.39 is 5.97 Å². The molecule has 0 fully saturated rings. The van der Waals surface area contributed by atoms with Crippen LogP contribution >= 0.6 is 11.6 Å². The first kappa shape index (κ1) is 14.4. The number of esters is 1. The average molecular weight is 267 g/mol. The maximum atomic E-state index is 11.8. The molecule has 0 aliphatic carbocycles. The zero-order valence-corrected chi connectivity index (χ0v) is 11.1. The summed E-state index contributed by atoms with van der Waals surface area (Å²) in [5, 5.41) is 8.01. The number of hydrogen-bond donors (Lipinski definition) is 0. The summed E-state index contributed by atoms with van der Waals surface area (Å²) in [6.07, 6.45) is 0.565. The van der Waals surface area contributed by atoms with Gasteiger partial charge in [-0.25, -0.2) is 4.79 Å². The lowest BCUT2D eigenvalue weighted by molar-refractivity contribution is -0.134. The van der Waals surface area contributed by atoms with Gasteiger partial charge in [0.25, 0.3) is 0 Å². The third kappa shape index (κ3) is 4.30. The summed E-state index contributed by atoms with van der Waals surface area (Å²) in [6, 6.07) is 9.02. The molecule has 0 saturated heterocycles. The van der Waals surface area contributed by atoms with Crippen molar-refractivity contribution in [1.82, 2.24) is 0 Å². The van der Waals surface area contributed by atoms with Crippen LogP contribution in [0, 0.1) is 0 Å². The molecule has 96 valence electrons. The van der Waals surface area contributed by atoms with Crippen molar-refractivity contribution in [2.45, 2.75) is 20.3 Å². The number of hydrogen-bond acceptors (Lipinski definition) is 4. The molecule has 1 rings (SSSR count). The maximum absolute atomic E-state index is 11.8. The molecule has 0 radical (unpaired) electrons. The third-order valence-corrected chi connectivity index (χ3v) is 2.41. The van der Waals surface area contributed by atoms with E-state index in [4.69, 9.17) is 16.3 Å². The van der Waals surface area contributed by atoms with Crippen LogP contribution in [0.5, 0.6) is 0 Å².